The third-order valence-corrected chi connectivity index (χ3v) is 6.50. The molecular weight excluding hydrogens is 475 g/mol. The Morgan fingerprint density at radius 3 is 2.65 bits per heavy atom. The molecule has 1 atom stereocenters. The Balaban J connectivity index is 1.36. The zero-order valence-corrected chi connectivity index (χ0v) is 21.5. The summed E-state index contributed by atoms with van der Waals surface area (Å²) in [7, 11) is 0. The molecule has 1 N–H and O–H groups in total. The molecule has 37 heavy (non-hydrogen) atoms. The number of nitrogens with zero attached hydrogens (tertiary/aromatic N) is 4. The van der Waals surface area contributed by atoms with Crippen molar-refractivity contribution < 1.29 is 23.8 Å². The maximum absolute atomic E-state index is 13.2. The van der Waals surface area contributed by atoms with Crippen LogP contribution < -0.4 is 9.47 Å². The Morgan fingerprint density at radius 2 is 1.92 bits per heavy atom. The molecule has 8 nitrogen and oxygen atoms in total. The molecular formula is C28H35FN4O4. The highest BCUT2D eigenvalue weighted by Gasteiger charge is 2.37. The standard InChI is InChI=1S/C28H35FN4O4/c1-22-30-11-13-32(22)12-4-16-36-27-6-3-5-24(17-27)18-31-14-15-33(23(2)34)20-28(35,19-31)21-37-26-9-7-25(29)8-10-26/h3,5-11,13,17,35H,4,12,14-16,18-21H2,1-2H3/t28-/m0/s1. The Bertz CT molecular complexity index is 1170. The number of hydrogen-bond acceptors (Lipinski definition) is 6. The predicted octanol–water partition coefficient (Wildman–Crippen LogP) is 3.27. The van der Waals surface area contributed by atoms with E-state index in [-0.39, 0.29) is 24.9 Å². The Kier molecular flexibility index (Phi) is 8.78. The van der Waals surface area contributed by atoms with Crippen LogP contribution in [-0.2, 0) is 17.9 Å². The van der Waals surface area contributed by atoms with Crippen LogP contribution in [0.2, 0.25) is 0 Å². The molecule has 1 aliphatic heterocycles. The largest absolute Gasteiger partial charge is 0.494 e. The van der Waals surface area contributed by atoms with Crippen LogP contribution in [0.15, 0.2) is 60.9 Å². The second-order valence-electron chi connectivity index (χ2n) is 9.64. The number of imidazole rings is 1. The summed E-state index contributed by atoms with van der Waals surface area (Å²) in [4.78, 5) is 20.2. The normalized spacial score (nSPS) is 18.4. The van der Waals surface area contributed by atoms with E-state index in [0.717, 1.165) is 30.1 Å². The molecule has 198 valence electrons. The lowest BCUT2D eigenvalue weighted by Crippen LogP contribution is -2.51. The number of ether oxygens (including phenoxy) is 2. The first-order valence-electron chi connectivity index (χ1n) is 12.6. The summed E-state index contributed by atoms with van der Waals surface area (Å²) in [5.74, 6) is 1.81. The summed E-state index contributed by atoms with van der Waals surface area (Å²) >= 11 is 0. The van der Waals surface area contributed by atoms with Gasteiger partial charge >= 0.3 is 0 Å². The second-order valence-corrected chi connectivity index (χ2v) is 9.64. The maximum Gasteiger partial charge on any atom is 0.219 e. The highest BCUT2D eigenvalue weighted by molar-refractivity contribution is 5.73. The minimum atomic E-state index is -1.28. The number of aromatic nitrogens is 2. The fourth-order valence-corrected chi connectivity index (χ4v) is 4.54. The molecule has 0 saturated carbocycles. The van der Waals surface area contributed by atoms with Gasteiger partial charge in [0.25, 0.3) is 0 Å². The number of aliphatic hydroxyl groups is 1. The zero-order valence-electron chi connectivity index (χ0n) is 21.5. The number of amides is 1. The van der Waals surface area contributed by atoms with Crippen LogP contribution in [0.1, 0.15) is 24.7 Å². The van der Waals surface area contributed by atoms with E-state index in [1.807, 2.05) is 37.4 Å². The summed E-state index contributed by atoms with van der Waals surface area (Å²) in [6.45, 7) is 7.14. The molecule has 2 heterocycles. The fraction of sp³-hybridized carbons (Fsp3) is 0.429. The molecule has 4 rings (SSSR count). The number of hydrogen-bond donors (Lipinski definition) is 1. The Labute approximate surface area is 217 Å². The van der Waals surface area contributed by atoms with Gasteiger partial charge in [-0.1, -0.05) is 12.1 Å². The average molecular weight is 511 g/mol. The number of β-amino-alcohol motifs (C(OH)–C–C–N with tert-alkyl or cyclic N) is 1. The molecule has 0 bridgehead atoms. The van der Waals surface area contributed by atoms with Gasteiger partial charge < -0.3 is 24.0 Å². The number of halogens is 1. The molecule has 3 aromatic rings. The molecule has 0 unspecified atom stereocenters. The number of benzene rings is 2. The zero-order chi connectivity index (χ0) is 26.3. The predicted molar refractivity (Wildman–Crippen MR) is 138 cm³/mol. The number of carbonyl (C=O) groups is 1. The van der Waals surface area contributed by atoms with E-state index in [1.54, 1.807) is 11.1 Å². The topological polar surface area (TPSA) is 80.1 Å². The van der Waals surface area contributed by atoms with Gasteiger partial charge in [0.15, 0.2) is 0 Å². The minimum Gasteiger partial charge on any atom is -0.494 e. The van der Waals surface area contributed by atoms with Crippen LogP contribution >= 0.6 is 0 Å². The quantitative estimate of drug-likeness (QED) is 0.422. The van der Waals surface area contributed by atoms with E-state index in [4.69, 9.17) is 9.47 Å². The van der Waals surface area contributed by atoms with Gasteiger partial charge in [-0.3, -0.25) is 9.69 Å². The summed E-state index contributed by atoms with van der Waals surface area (Å²) in [6, 6.07) is 13.6. The molecule has 2 aromatic carbocycles. The Morgan fingerprint density at radius 1 is 1.11 bits per heavy atom. The van der Waals surface area contributed by atoms with E-state index >= 15 is 0 Å². The molecule has 0 spiro atoms. The fourth-order valence-electron chi connectivity index (χ4n) is 4.54. The third kappa shape index (κ3) is 7.77. The van der Waals surface area contributed by atoms with Crippen molar-refractivity contribution in [3.05, 3.63) is 78.1 Å². The van der Waals surface area contributed by atoms with Crippen LogP contribution in [0.4, 0.5) is 4.39 Å². The minimum absolute atomic E-state index is 0.0154. The van der Waals surface area contributed by atoms with Crippen molar-refractivity contribution >= 4 is 5.91 Å². The molecule has 1 aliphatic rings. The van der Waals surface area contributed by atoms with E-state index < -0.39 is 5.60 Å². The molecule has 1 saturated heterocycles. The monoisotopic (exact) mass is 510 g/mol. The van der Waals surface area contributed by atoms with Gasteiger partial charge in [-0.25, -0.2) is 9.37 Å². The first-order valence-corrected chi connectivity index (χ1v) is 12.6. The van der Waals surface area contributed by atoms with Gasteiger partial charge in [0.05, 0.1) is 13.2 Å². The highest BCUT2D eigenvalue weighted by atomic mass is 19.1. The maximum atomic E-state index is 13.2. The number of rotatable bonds is 10. The van der Waals surface area contributed by atoms with Gasteiger partial charge in [-0.2, -0.15) is 0 Å². The number of aryl methyl sites for hydroxylation is 2. The molecule has 1 fully saturated rings. The highest BCUT2D eigenvalue weighted by Crippen LogP contribution is 2.21. The van der Waals surface area contributed by atoms with Crippen molar-refractivity contribution in [3.8, 4) is 11.5 Å². The van der Waals surface area contributed by atoms with E-state index in [2.05, 4.69) is 14.5 Å². The lowest BCUT2D eigenvalue weighted by atomic mass is 10.0. The van der Waals surface area contributed by atoms with Crippen molar-refractivity contribution in [1.29, 1.82) is 0 Å². The number of carbonyl (C=O) groups excluding carboxylic acids is 1. The molecule has 1 amide bonds. The van der Waals surface area contributed by atoms with Crippen molar-refractivity contribution in [3.63, 3.8) is 0 Å². The Hall–Kier alpha value is -3.43. The van der Waals surface area contributed by atoms with E-state index in [0.29, 0.717) is 38.5 Å². The van der Waals surface area contributed by atoms with Crippen molar-refractivity contribution in [1.82, 2.24) is 19.4 Å². The van der Waals surface area contributed by atoms with Crippen LogP contribution in [0.5, 0.6) is 11.5 Å². The molecule has 9 heteroatoms. The van der Waals surface area contributed by atoms with Crippen LogP contribution in [0, 0.1) is 12.7 Å². The third-order valence-electron chi connectivity index (χ3n) is 6.50. The summed E-state index contributed by atoms with van der Waals surface area (Å²) in [6.07, 6.45) is 4.64. The van der Waals surface area contributed by atoms with Gasteiger partial charge in [-0.15, -0.1) is 0 Å². The summed E-state index contributed by atoms with van der Waals surface area (Å²) in [5, 5.41) is 11.5. The van der Waals surface area contributed by atoms with Gasteiger partial charge in [0, 0.05) is 52.0 Å². The summed E-state index contributed by atoms with van der Waals surface area (Å²) in [5.41, 5.74) is -0.225. The van der Waals surface area contributed by atoms with Gasteiger partial charge in [-0.05, 0) is 55.3 Å². The van der Waals surface area contributed by atoms with Gasteiger partial charge in [0.2, 0.25) is 5.91 Å². The lowest BCUT2D eigenvalue weighted by Gasteiger charge is -2.32. The van der Waals surface area contributed by atoms with Crippen molar-refractivity contribution in [2.75, 3.05) is 39.4 Å². The van der Waals surface area contributed by atoms with E-state index in [9.17, 15) is 14.3 Å². The second kappa shape index (κ2) is 12.2. The van der Waals surface area contributed by atoms with Crippen molar-refractivity contribution in [2.24, 2.45) is 0 Å². The van der Waals surface area contributed by atoms with Crippen LogP contribution in [0.25, 0.3) is 0 Å². The summed E-state index contributed by atoms with van der Waals surface area (Å²) < 4.78 is 27.1. The van der Waals surface area contributed by atoms with Crippen LogP contribution in [-0.4, -0.2) is 75.4 Å². The smallest absolute Gasteiger partial charge is 0.219 e. The van der Waals surface area contributed by atoms with Crippen molar-refractivity contribution in [2.45, 2.75) is 39.0 Å². The SMILES string of the molecule is CC(=O)N1CCN(Cc2cccc(OCCCn3ccnc3C)c2)C[C@@](O)(COc2ccc(F)cc2)C1. The van der Waals surface area contributed by atoms with Gasteiger partial charge in [0.1, 0.15) is 35.3 Å². The molecule has 1 aromatic heterocycles. The first kappa shape index (κ1) is 26.6. The lowest BCUT2D eigenvalue weighted by molar-refractivity contribution is -0.132. The van der Waals surface area contributed by atoms with Crippen LogP contribution in [0.3, 0.4) is 0 Å². The van der Waals surface area contributed by atoms with E-state index in [1.165, 1.54) is 31.2 Å². The first-order chi connectivity index (χ1) is 17.8. The average Bonchev–Trinajstić information content (AvgIpc) is 3.20. The molecule has 0 aliphatic carbocycles. The molecule has 0 radical (unpaired) electrons.